The Bertz CT molecular complexity index is 541. The third kappa shape index (κ3) is 3.59. The van der Waals surface area contributed by atoms with Crippen LogP contribution in [-0.2, 0) is 16.1 Å². The molecular formula is C17H21NO4. The van der Waals surface area contributed by atoms with Crippen molar-refractivity contribution in [1.29, 1.82) is 0 Å². The normalized spacial score (nSPS) is 24.3. The molecule has 0 unspecified atom stereocenters. The molecule has 1 saturated carbocycles. The van der Waals surface area contributed by atoms with Gasteiger partial charge in [0.1, 0.15) is 6.61 Å². The molecule has 0 radical (unpaired) electrons. The summed E-state index contributed by atoms with van der Waals surface area (Å²) in [4.78, 5) is 25.1. The van der Waals surface area contributed by atoms with Gasteiger partial charge in [0.2, 0.25) is 0 Å². The molecule has 1 heterocycles. The standard InChI is InChI=1S/C17H21NO4/c19-16(20)15-10-18(9-14(15)8-12-6-7-12)17(21)22-11-13-4-2-1-3-5-13/h1-5,12,14-15H,6-11H2,(H,19,20)/t14-,15-/m1/s1. The number of benzene rings is 1. The van der Waals surface area contributed by atoms with Crippen molar-refractivity contribution in [2.45, 2.75) is 25.9 Å². The topological polar surface area (TPSA) is 66.8 Å². The Morgan fingerprint density at radius 3 is 2.55 bits per heavy atom. The number of hydrogen-bond donors (Lipinski definition) is 1. The van der Waals surface area contributed by atoms with Crippen LogP contribution in [0.15, 0.2) is 30.3 Å². The van der Waals surface area contributed by atoms with Crippen molar-refractivity contribution in [2.24, 2.45) is 17.8 Å². The fourth-order valence-electron chi connectivity index (χ4n) is 3.13. The number of rotatable bonds is 5. The van der Waals surface area contributed by atoms with Crippen LogP contribution in [0.25, 0.3) is 0 Å². The number of carboxylic acid groups (broad SMARTS) is 1. The van der Waals surface area contributed by atoms with E-state index in [1.54, 1.807) is 4.90 Å². The number of ether oxygens (including phenoxy) is 1. The van der Waals surface area contributed by atoms with E-state index in [0.29, 0.717) is 12.5 Å². The van der Waals surface area contributed by atoms with Crippen molar-refractivity contribution in [3.63, 3.8) is 0 Å². The molecule has 1 N–H and O–H groups in total. The van der Waals surface area contributed by atoms with Gasteiger partial charge in [-0.05, 0) is 23.8 Å². The van der Waals surface area contributed by atoms with Crippen LogP contribution in [-0.4, -0.2) is 35.2 Å². The van der Waals surface area contributed by atoms with Crippen LogP contribution in [0, 0.1) is 17.8 Å². The van der Waals surface area contributed by atoms with Gasteiger partial charge in [0.25, 0.3) is 0 Å². The van der Waals surface area contributed by atoms with Crippen LogP contribution in [0.2, 0.25) is 0 Å². The minimum atomic E-state index is -0.802. The Balaban J connectivity index is 1.54. The first kappa shape index (κ1) is 14.9. The molecule has 1 amide bonds. The molecule has 1 aliphatic carbocycles. The van der Waals surface area contributed by atoms with Gasteiger partial charge in [-0.25, -0.2) is 4.79 Å². The Labute approximate surface area is 129 Å². The quantitative estimate of drug-likeness (QED) is 0.908. The summed E-state index contributed by atoms with van der Waals surface area (Å²) < 4.78 is 5.30. The van der Waals surface area contributed by atoms with E-state index in [9.17, 15) is 14.7 Å². The lowest BCUT2D eigenvalue weighted by atomic mass is 9.91. The lowest BCUT2D eigenvalue weighted by molar-refractivity contribution is -0.142. The predicted octanol–water partition coefficient (Wildman–Crippen LogP) is 2.76. The van der Waals surface area contributed by atoms with Crippen LogP contribution in [0.3, 0.4) is 0 Å². The van der Waals surface area contributed by atoms with E-state index < -0.39 is 18.0 Å². The third-order valence-corrected chi connectivity index (χ3v) is 4.55. The molecule has 3 rings (SSSR count). The Hall–Kier alpha value is -2.04. The number of carbonyl (C=O) groups excluding carboxylic acids is 1. The molecule has 5 nitrogen and oxygen atoms in total. The molecule has 1 aromatic carbocycles. The summed E-state index contributed by atoms with van der Waals surface area (Å²) in [6.45, 7) is 0.989. The second-order valence-corrected chi connectivity index (χ2v) is 6.33. The number of carbonyl (C=O) groups is 2. The summed E-state index contributed by atoms with van der Waals surface area (Å²) in [7, 11) is 0. The Morgan fingerprint density at radius 2 is 1.91 bits per heavy atom. The van der Waals surface area contributed by atoms with E-state index in [1.165, 1.54) is 12.8 Å². The molecule has 0 bridgehead atoms. The van der Waals surface area contributed by atoms with Crippen LogP contribution in [0.4, 0.5) is 4.79 Å². The van der Waals surface area contributed by atoms with Crippen molar-refractivity contribution in [1.82, 2.24) is 4.90 Å². The first-order valence-electron chi connectivity index (χ1n) is 7.82. The molecule has 1 aromatic rings. The minimum Gasteiger partial charge on any atom is -0.481 e. The highest BCUT2D eigenvalue weighted by molar-refractivity contribution is 5.74. The number of hydrogen-bond acceptors (Lipinski definition) is 3. The first-order chi connectivity index (χ1) is 10.6. The average molecular weight is 303 g/mol. The van der Waals surface area contributed by atoms with Gasteiger partial charge >= 0.3 is 12.1 Å². The van der Waals surface area contributed by atoms with Crippen LogP contribution < -0.4 is 0 Å². The van der Waals surface area contributed by atoms with Gasteiger partial charge in [-0.15, -0.1) is 0 Å². The fraction of sp³-hybridized carbons (Fsp3) is 0.529. The second-order valence-electron chi connectivity index (χ2n) is 6.33. The largest absolute Gasteiger partial charge is 0.481 e. The molecule has 1 aliphatic heterocycles. The number of aliphatic carboxylic acids is 1. The van der Waals surface area contributed by atoms with E-state index in [1.807, 2.05) is 30.3 Å². The summed E-state index contributed by atoms with van der Waals surface area (Å²) >= 11 is 0. The molecule has 118 valence electrons. The molecular weight excluding hydrogens is 282 g/mol. The van der Waals surface area contributed by atoms with Crippen molar-refractivity contribution < 1.29 is 19.4 Å². The number of likely N-dealkylation sites (tertiary alicyclic amines) is 1. The first-order valence-corrected chi connectivity index (χ1v) is 7.82. The lowest BCUT2D eigenvalue weighted by Gasteiger charge is -2.16. The van der Waals surface area contributed by atoms with E-state index in [0.717, 1.165) is 12.0 Å². The van der Waals surface area contributed by atoms with Gasteiger partial charge in [0, 0.05) is 13.1 Å². The van der Waals surface area contributed by atoms with Crippen LogP contribution in [0.5, 0.6) is 0 Å². The maximum absolute atomic E-state index is 12.1. The predicted molar refractivity (Wildman–Crippen MR) is 80.2 cm³/mol. The van der Waals surface area contributed by atoms with Gasteiger partial charge in [-0.3, -0.25) is 4.79 Å². The molecule has 0 spiro atoms. The highest BCUT2D eigenvalue weighted by Crippen LogP contribution is 2.40. The van der Waals surface area contributed by atoms with Crippen molar-refractivity contribution in [2.75, 3.05) is 13.1 Å². The molecule has 2 aliphatic rings. The van der Waals surface area contributed by atoms with Crippen molar-refractivity contribution in [3.05, 3.63) is 35.9 Å². The average Bonchev–Trinajstić information content (AvgIpc) is 3.22. The zero-order valence-corrected chi connectivity index (χ0v) is 12.5. The second kappa shape index (κ2) is 6.38. The number of amides is 1. The van der Waals surface area contributed by atoms with Crippen LogP contribution in [0.1, 0.15) is 24.8 Å². The minimum absolute atomic E-state index is 0.0641. The summed E-state index contributed by atoms with van der Waals surface area (Å²) in [5.41, 5.74) is 0.930. The van der Waals surface area contributed by atoms with E-state index >= 15 is 0 Å². The third-order valence-electron chi connectivity index (χ3n) is 4.55. The monoisotopic (exact) mass is 303 g/mol. The smallest absolute Gasteiger partial charge is 0.410 e. The van der Waals surface area contributed by atoms with Gasteiger partial charge < -0.3 is 14.7 Å². The summed E-state index contributed by atoms with van der Waals surface area (Å²) in [5, 5.41) is 9.35. The van der Waals surface area contributed by atoms with Crippen molar-refractivity contribution in [3.8, 4) is 0 Å². The van der Waals surface area contributed by atoms with Crippen molar-refractivity contribution >= 4 is 12.1 Å². The van der Waals surface area contributed by atoms with Gasteiger partial charge in [-0.2, -0.15) is 0 Å². The van der Waals surface area contributed by atoms with E-state index in [4.69, 9.17) is 4.74 Å². The van der Waals surface area contributed by atoms with Gasteiger partial charge in [0.15, 0.2) is 0 Å². The molecule has 2 atom stereocenters. The summed E-state index contributed by atoms with van der Waals surface area (Å²) in [5.74, 6) is -0.532. The molecule has 5 heteroatoms. The fourth-order valence-corrected chi connectivity index (χ4v) is 3.13. The highest BCUT2D eigenvalue weighted by Gasteiger charge is 2.42. The maximum Gasteiger partial charge on any atom is 0.410 e. The molecule has 0 aromatic heterocycles. The maximum atomic E-state index is 12.1. The van der Waals surface area contributed by atoms with E-state index in [-0.39, 0.29) is 19.1 Å². The number of nitrogens with zero attached hydrogens (tertiary/aromatic N) is 1. The molecule has 2 fully saturated rings. The van der Waals surface area contributed by atoms with Gasteiger partial charge in [0.05, 0.1) is 5.92 Å². The summed E-state index contributed by atoms with van der Waals surface area (Å²) in [6, 6.07) is 9.49. The Kier molecular flexibility index (Phi) is 4.32. The zero-order chi connectivity index (χ0) is 15.5. The number of carboxylic acids is 1. The lowest BCUT2D eigenvalue weighted by Crippen LogP contribution is -2.30. The zero-order valence-electron chi connectivity index (χ0n) is 12.5. The molecule has 22 heavy (non-hydrogen) atoms. The van der Waals surface area contributed by atoms with E-state index in [2.05, 4.69) is 0 Å². The summed E-state index contributed by atoms with van der Waals surface area (Å²) in [6.07, 6.45) is 2.90. The Morgan fingerprint density at radius 1 is 1.18 bits per heavy atom. The van der Waals surface area contributed by atoms with Gasteiger partial charge in [-0.1, -0.05) is 43.2 Å². The highest BCUT2D eigenvalue weighted by atomic mass is 16.6. The SMILES string of the molecule is O=C(O)[C@@H]1CN(C(=O)OCc2ccccc2)C[C@H]1CC1CC1. The van der Waals surface area contributed by atoms with Crippen LogP contribution >= 0.6 is 0 Å². The molecule has 1 saturated heterocycles.